The topological polar surface area (TPSA) is 127 Å². The van der Waals surface area contributed by atoms with Crippen molar-refractivity contribution in [3.05, 3.63) is 111 Å². The lowest BCUT2D eigenvalue weighted by Gasteiger charge is -2.11. The van der Waals surface area contributed by atoms with Crippen LogP contribution in [0.2, 0.25) is 5.02 Å². The molecule has 0 saturated heterocycles. The van der Waals surface area contributed by atoms with E-state index < -0.39 is 10.8 Å². The summed E-state index contributed by atoms with van der Waals surface area (Å²) in [6, 6.07) is 22.3. The molecule has 0 aliphatic carbocycles. The van der Waals surface area contributed by atoms with Gasteiger partial charge >= 0.3 is 0 Å². The minimum Gasteiger partial charge on any atom is -0.451 e. The molecule has 3 N–H and O–H groups in total. The standard InChI is InChI=1S/C25H17ClN4O5S/c26-20-10-2-1-9-19(20)23(31)27-16-6-4-7-17(14-16)28-25(36)29-24(32)22-12-11-21(35-22)15-5-3-8-18(13-15)30(33)34/h1-14H,(H,27,31)(H2,28,29,32,36). The summed E-state index contributed by atoms with van der Waals surface area (Å²) in [5.41, 5.74) is 1.72. The zero-order valence-corrected chi connectivity index (χ0v) is 19.9. The molecule has 0 saturated carbocycles. The Bertz CT molecular complexity index is 1490. The second kappa shape index (κ2) is 10.8. The molecule has 0 aliphatic rings. The van der Waals surface area contributed by atoms with Crippen LogP contribution < -0.4 is 16.0 Å². The van der Waals surface area contributed by atoms with E-state index in [0.717, 1.165) is 0 Å². The van der Waals surface area contributed by atoms with Gasteiger partial charge in [0.05, 0.1) is 15.5 Å². The van der Waals surface area contributed by atoms with Crippen molar-refractivity contribution in [2.24, 2.45) is 0 Å². The molecule has 2 amide bonds. The zero-order valence-electron chi connectivity index (χ0n) is 18.4. The Morgan fingerprint density at radius 1 is 0.861 bits per heavy atom. The van der Waals surface area contributed by atoms with Gasteiger partial charge in [-0.15, -0.1) is 0 Å². The Hall–Kier alpha value is -4.54. The molecular weight excluding hydrogens is 504 g/mol. The van der Waals surface area contributed by atoms with Gasteiger partial charge in [-0.1, -0.05) is 41.9 Å². The summed E-state index contributed by atoms with van der Waals surface area (Å²) >= 11 is 11.3. The summed E-state index contributed by atoms with van der Waals surface area (Å²) in [5.74, 6) is -0.704. The predicted molar refractivity (Wildman–Crippen MR) is 140 cm³/mol. The number of thiocarbonyl (C=S) groups is 1. The highest BCUT2D eigenvalue weighted by Gasteiger charge is 2.16. The fraction of sp³-hybridized carbons (Fsp3) is 0. The average molecular weight is 521 g/mol. The van der Waals surface area contributed by atoms with Gasteiger partial charge in [-0.25, -0.2) is 0 Å². The number of halogens is 1. The molecule has 11 heteroatoms. The third-order valence-corrected chi connectivity index (χ3v) is 5.43. The van der Waals surface area contributed by atoms with Crippen LogP contribution in [0.3, 0.4) is 0 Å². The van der Waals surface area contributed by atoms with Gasteiger partial charge in [0.2, 0.25) is 0 Å². The van der Waals surface area contributed by atoms with E-state index in [0.29, 0.717) is 33.3 Å². The molecule has 1 heterocycles. The molecule has 4 rings (SSSR count). The van der Waals surface area contributed by atoms with Gasteiger partial charge in [0.15, 0.2) is 10.9 Å². The molecule has 0 fully saturated rings. The number of non-ortho nitro benzene ring substituents is 1. The highest BCUT2D eigenvalue weighted by atomic mass is 35.5. The van der Waals surface area contributed by atoms with Gasteiger partial charge in [0.25, 0.3) is 17.5 Å². The second-order valence-corrected chi connectivity index (χ2v) is 8.21. The van der Waals surface area contributed by atoms with E-state index >= 15 is 0 Å². The summed E-state index contributed by atoms with van der Waals surface area (Å²) in [7, 11) is 0. The summed E-state index contributed by atoms with van der Waals surface area (Å²) in [5, 5.41) is 19.5. The molecule has 4 aromatic rings. The highest BCUT2D eigenvalue weighted by molar-refractivity contribution is 7.80. The van der Waals surface area contributed by atoms with E-state index in [4.69, 9.17) is 28.2 Å². The normalized spacial score (nSPS) is 10.4. The number of nitrogens with zero attached hydrogens (tertiary/aromatic N) is 1. The summed E-state index contributed by atoms with van der Waals surface area (Å²) < 4.78 is 5.55. The van der Waals surface area contributed by atoms with Crippen molar-refractivity contribution in [1.29, 1.82) is 0 Å². The molecule has 0 aliphatic heterocycles. The van der Waals surface area contributed by atoms with E-state index in [1.807, 2.05) is 0 Å². The van der Waals surface area contributed by atoms with Gasteiger partial charge in [-0.05, 0) is 54.7 Å². The van der Waals surface area contributed by atoms with Crippen molar-refractivity contribution in [2.45, 2.75) is 0 Å². The fourth-order valence-electron chi connectivity index (χ4n) is 3.23. The van der Waals surface area contributed by atoms with Crippen molar-refractivity contribution in [2.75, 3.05) is 10.6 Å². The smallest absolute Gasteiger partial charge is 0.293 e. The maximum absolute atomic E-state index is 12.6. The highest BCUT2D eigenvalue weighted by Crippen LogP contribution is 2.26. The van der Waals surface area contributed by atoms with E-state index in [2.05, 4.69) is 16.0 Å². The first-order chi connectivity index (χ1) is 17.3. The van der Waals surface area contributed by atoms with Crippen molar-refractivity contribution >= 4 is 57.8 Å². The van der Waals surface area contributed by atoms with Crippen LogP contribution in [0.1, 0.15) is 20.9 Å². The first-order valence-corrected chi connectivity index (χ1v) is 11.2. The molecule has 0 atom stereocenters. The zero-order chi connectivity index (χ0) is 25.7. The first-order valence-electron chi connectivity index (χ1n) is 10.4. The lowest BCUT2D eigenvalue weighted by Crippen LogP contribution is -2.33. The number of benzene rings is 3. The van der Waals surface area contributed by atoms with Crippen LogP contribution in [0.15, 0.2) is 89.3 Å². The van der Waals surface area contributed by atoms with Crippen LogP contribution in [0.4, 0.5) is 17.1 Å². The number of furan rings is 1. The summed E-state index contributed by atoms with van der Waals surface area (Å²) in [6.45, 7) is 0. The SMILES string of the molecule is O=C(NC(=S)Nc1cccc(NC(=O)c2ccccc2Cl)c1)c1ccc(-c2cccc([N+](=O)[O-])c2)o1. The Balaban J connectivity index is 1.38. The number of carbonyl (C=O) groups excluding carboxylic acids is 2. The van der Waals surface area contributed by atoms with Crippen molar-refractivity contribution in [3.63, 3.8) is 0 Å². The van der Waals surface area contributed by atoms with Gasteiger partial charge < -0.3 is 15.1 Å². The lowest BCUT2D eigenvalue weighted by molar-refractivity contribution is -0.384. The number of rotatable bonds is 6. The second-order valence-electron chi connectivity index (χ2n) is 7.39. The Kier molecular flexibility index (Phi) is 7.38. The number of nitrogens with one attached hydrogen (secondary N) is 3. The summed E-state index contributed by atoms with van der Waals surface area (Å²) in [6.07, 6.45) is 0. The number of carbonyl (C=O) groups is 2. The third kappa shape index (κ3) is 5.93. The van der Waals surface area contributed by atoms with Crippen LogP contribution in [-0.2, 0) is 0 Å². The number of hydrogen-bond donors (Lipinski definition) is 3. The van der Waals surface area contributed by atoms with E-state index in [9.17, 15) is 19.7 Å². The van der Waals surface area contributed by atoms with Crippen molar-refractivity contribution in [3.8, 4) is 11.3 Å². The van der Waals surface area contributed by atoms with Crippen LogP contribution in [-0.4, -0.2) is 21.9 Å². The fourth-order valence-corrected chi connectivity index (χ4v) is 3.67. The molecular formula is C25H17ClN4O5S. The molecule has 0 bridgehead atoms. The molecule has 0 radical (unpaired) electrons. The van der Waals surface area contributed by atoms with Crippen LogP contribution in [0.25, 0.3) is 11.3 Å². The molecule has 0 spiro atoms. The monoisotopic (exact) mass is 520 g/mol. The van der Waals surface area contributed by atoms with Crippen molar-refractivity contribution in [1.82, 2.24) is 5.32 Å². The molecule has 3 aromatic carbocycles. The molecule has 0 unspecified atom stereocenters. The van der Waals surface area contributed by atoms with Gasteiger partial charge in [0, 0.05) is 29.1 Å². The quantitative estimate of drug-likeness (QED) is 0.164. The third-order valence-electron chi connectivity index (χ3n) is 4.90. The number of nitro groups is 1. The first kappa shape index (κ1) is 24.6. The van der Waals surface area contributed by atoms with Crippen LogP contribution >= 0.6 is 23.8 Å². The van der Waals surface area contributed by atoms with Gasteiger partial charge in [-0.2, -0.15) is 0 Å². The molecule has 1 aromatic heterocycles. The van der Waals surface area contributed by atoms with Crippen molar-refractivity contribution < 1.29 is 18.9 Å². The Morgan fingerprint density at radius 2 is 1.58 bits per heavy atom. The van der Waals surface area contributed by atoms with Crippen LogP contribution in [0.5, 0.6) is 0 Å². The number of nitro benzene ring substituents is 1. The minimum atomic E-state index is -0.604. The molecule has 180 valence electrons. The maximum Gasteiger partial charge on any atom is 0.293 e. The number of amides is 2. The lowest BCUT2D eigenvalue weighted by atomic mass is 10.1. The van der Waals surface area contributed by atoms with E-state index in [1.165, 1.54) is 30.3 Å². The summed E-state index contributed by atoms with van der Waals surface area (Å²) in [4.78, 5) is 35.5. The number of anilines is 2. The van der Waals surface area contributed by atoms with Gasteiger partial charge in [0.1, 0.15) is 5.76 Å². The van der Waals surface area contributed by atoms with E-state index in [1.54, 1.807) is 54.6 Å². The Morgan fingerprint density at radius 3 is 2.33 bits per heavy atom. The number of hydrogen-bond acceptors (Lipinski definition) is 6. The van der Waals surface area contributed by atoms with Crippen LogP contribution in [0, 0.1) is 10.1 Å². The Labute approximate surface area is 215 Å². The molecule has 36 heavy (non-hydrogen) atoms. The molecule has 9 nitrogen and oxygen atoms in total. The minimum absolute atomic E-state index is 0.00267. The predicted octanol–water partition coefficient (Wildman–Crippen LogP) is 5.89. The maximum atomic E-state index is 12.6. The largest absolute Gasteiger partial charge is 0.451 e. The average Bonchev–Trinajstić information content (AvgIpc) is 3.35. The van der Waals surface area contributed by atoms with Gasteiger partial charge in [-0.3, -0.25) is 25.0 Å². The van der Waals surface area contributed by atoms with E-state index in [-0.39, 0.29) is 22.5 Å².